The van der Waals surface area contributed by atoms with E-state index in [1.807, 2.05) is 0 Å². The molecular weight excluding hydrogens is 420 g/mol. The standard InChI is InChI=1S/C17H21ClN6O4S/c1-23(2)17-21-14(20-16(19)22-17)10-28-15(25)13-4-3-9-24(13)29(26,27)12-7-5-11(18)6-8-12/h5-8,13H,3-4,9-10H2,1-2H3,(H2,19,20,21,22). The maximum Gasteiger partial charge on any atom is 0.324 e. The highest BCUT2D eigenvalue weighted by Crippen LogP contribution is 2.27. The van der Waals surface area contributed by atoms with Crippen molar-refractivity contribution in [2.24, 2.45) is 0 Å². The number of carbonyl (C=O) groups excluding carboxylic acids is 1. The first-order valence-electron chi connectivity index (χ1n) is 8.80. The Labute approximate surface area is 173 Å². The van der Waals surface area contributed by atoms with Crippen LogP contribution in [0.4, 0.5) is 11.9 Å². The van der Waals surface area contributed by atoms with Crippen LogP contribution in [0.25, 0.3) is 0 Å². The Morgan fingerprint density at radius 3 is 2.62 bits per heavy atom. The van der Waals surface area contributed by atoms with Gasteiger partial charge in [0.25, 0.3) is 0 Å². The van der Waals surface area contributed by atoms with Gasteiger partial charge >= 0.3 is 5.97 Å². The summed E-state index contributed by atoms with van der Waals surface area (Å²) in [5.41, 5.74) is 5.65. The van der Waals surface area contributed by atoms with Crippen molar-refractivity contribution in [1.82, 2.24) is 19.3 Å². The van der Waals surface area contributed by atoms with Crippen LogP contribution in [0, 0.1) is 0 Å². The Kier molecular flexibility index (Phi) is 6.20. The molecule has 2 heterocycles. The van der Waals surface area contributed by atoms with Crippen LogP contribution in [-0.2, 0) is 26.2 Å². The minimum Gasteiger partial charge on any atom is -0.456 e. The number of ether oxygens (including phenoxy) is 1. The number of rotatable bonds is 6. The Hall–Kier alpha value is -2.50. The summed E-state index contributed by atoms with van der Waals surface area (Å²) in [5, 5.41) is 0.426. The molecule has 0 saturated carbocycles. The molecule has 1 atom stereocenters. The molecule has 12 heteroatoms. The second-order valence-corrected chi connectivity index (χ2v) is 8.97. The highest BCUT2D eigenvalue weighted by molar-refractivity contribution is 7.89. The first-order valence-corrected chi connectivity index (χ1v) is 10.6. The molecule has 1 aromatic carbocycles. The van der Waals surface area contributed by atoms with Crippen LogP contribution in [0.5, 0.6) is 0 Å². The quantitative estimate of drug-likeness (QED) is 0.655. The highest BCUT2D eigenvalue weighted by atomic mass is 35.5. The summed E-state index contributed by atoms with van der Waals surface area (Å²) in [6, 6.07) is 4.89. The molecule has 3 rings (SSSR count). The van der Waals surface area contributed by atoms with Crippen molar-refractivity contribution in [1.29, 1.82) is 0 Å². The van der Waals surface area contributed by atoms with E-state index in [0.717, 1.165) is 4.31 Å². The van der Waals surface area contributed by atoms with Gasteiger partial charge in [0.15, 0.2) is 12.4 Å². The predicted octanol–water partition coefficient (Wildman–Crippen LogP) is 1.07. The maximum atomic E-state index is 12.9. The van der Waals surface area contributed by atoms with E-state index in [1.54, 1.807) is 19.0 Å². The van der Waals surface area contributed by atoms with Crippen molar-refractivity contribution in [2.45, 2.75) is 30.4 Å². The van der Waals surface area contributed by atoms with Crippen molar-refractivity contribution in [3.8, 4) is 0 Å². The zero-order valence-corrected chi connectivity index (χ0v) is 17.5. The van der Waals surface area contributed by atoms with E-state index in [2.05, 4.69) is 15.0 Å². The summed E-state index contributed by atoms with van der Waals surface area (Å²) in [7, 11) is -0.374. The molecule has 1 saturated heterocycles. The second-order valence-electron chi connectivity index (χ2n) is 6.64. The number of nitrogen functional groups attached to an aromatic ring is 1. The van der Waals surface area contributed by atoms with E-state index >= 15 is 0 Å². The van der Waals surface area contributed by atoms with Gasteiger partial charge in [0, 0.05) is 25.7 Å². The van der Waals surface area contributed by atoms with Crippen LogP contribution in [0.3, 0.4) is 0 Å². The molecule has 156 valence electrons. The number of nitrogens with zero attached hydrogens (tertiary/aromatic N) is 5. The maximum absolute atomic E-state index is 12.9. The molecule has 1 unspecified atom stereocenters. The number of aromatic nitrogens is 3. The smallest absolute Gasteiger partial charge is 0.324 e. The molecule has 29 heavy (non-hydrogen) atoms. The van der Waals surface area contributed by atoms with Gasteiger partial charge in [-0.15, -0.1) is 0 Å². The number of sulfonamides is 1. The zero-order chi connectivity index (χ0) is 21.2. The summed E-state index contributed by atoms with van der Waals surface area (Å²) in [4.78, 5) is 26.4. The fraction of sp³-hybridized carbons (Fsp3) is 0.412. The minimum absolute atomic E-state index is 0.00237. The number of halogens is 1. The zero-order valence-electron chi connectivity index (χ0n) is 15.9. The SMILES string of the molecule is CN(C)c1nc(N)nc(COC(=O)C2CCCN2S(=O)(=O)c2ccc(Cl)cc2)n1. The largest absolute Gasteiger partial charge is 0.456 e. The number of nitrogens with two attached hydrogens (primary N) is 1. The van der Waals surface area contributed by atoms with Crippen molar-refractivity contribution < 1.29 is 17.9 Å². The number of hydrogen-bond acceptors (Lipinski definition) is 9. The molecule has 0 radical (unpaired) electrons. The summed E-state index contributed by atoms with van der Waals surface area (Å²) < 4.78 is 32.3. The lowest BCUT2D eigenvalue weighted by Gasteiger charge is -2.22. The molecule has 1 aromatic heterocycles. The lowest BCUT2D eigenvalue weighted by molar-refractivity contribution is -0.149. The van der Waals surface area contributed by atoms with Crippen LogP contribution in [-0.4, -0.2) is 60.3 Å². The van der Waals surface area contributed by atoms with Gasteiger partial charge < -0.3 is 15.4 Å². The molecule has 0 spiro atoms. The summed E-state index contributed by atoms with van der Waals surface area (Å²) >= 11 is 5.83. The van der Waals surface area contributed by atoms with E-state index in [4.69, 9.17) is 22.1 Å². The molecule has 1 aliphatic rings. The lowest BCUT2D eigenvalue weighted by atomic mass is 10.2. The van der Waals surface area contributed by atoms with Gasteiger partial charge in [-0.3, -0.25) is 4.79 Å². The summed E-state index contributed by atoms with van der Waals surface area (Å²) in [6.45, 7) is -0.00800. The minimum atomic E-state index is -3.85. The molecule has 0 bridgehead atoms. The monoisotopic (exact) mass is 440 g/mol. The highest BCUT2D eigenvalue weighted by Gasteiger charge is 2.40. The number of anilines is 2. The molecule has 1 fully saturated rings. The molecular formula is C17H21ClN6O4S. The summed E-state index contributed by atoms with van der Waals surface area (Å²) in [6.07, 6.45) is 0.921. The predicted molar refractivity (Wildman–Crippen MR) is 107 cm³/mol. The fourth-order valence-corrected chi connectivity index (χ4v) is 4.70. The van der Waals surface area contributed by atoms with Crippen molar-refractivity contribution in [2.75, 3.05) is 31.3 Å². The molecule has 0 aliphatic carbocycles. The normalized spacial score (nSPS) is 17.3. The average Bonchev–Trinajstić information content (AvgIpc) is 3.17. The summed E-state index contributed by atoms with van der Waals surface area (Å²) in [5.74, 6) is -0.149. The van der Waals surface area contributed by atoms with Crippen LogP contribution >= 0.6 is 11.6 Å². The molecule has 1 aliphatic heterocycles. The molecule has 10 nitrogen and oxygen atoms in total. The van der Waals surface area contributed by atoms with Crippen LogP contribution in [0.2, 0.25) is 5.02 Å². The van der Waals surface area contributed by atoms with E-state index in [9.17, 15) is 13.2 Å². The topological polar surface area (TPSA) is 132 Å². The van der Waals surface area contributed by atoms with Crippen molar-refractivity contribution >= 4 is 39.5 Å². The van der Waals surface area contributed by atoms with Gasteiger partial charge in [0.1, 0.15) is 6.04 Å². The third kappa shape index (κ3) is 4.74. The Balaban J connectivity index is 1.73. The number of carbonyl (C=O) groups is 1. The number of esters is 1. The van der Waals surface area contributed by atoms with Gasteiger partial charge in [-0.2, -0.15) is 19.3 Å². The van der Waals surface area contributed by atoms with E-state index in [0.29, 0.717) is 23.8 Å². The Morgan fingerprint density at radius 1 is 1.28 bits per heavy atom. The van der Waals surface area contributed by atoms with E-state index in [1.165, 1.54) is 24.3 Å². The molecule has 2 N–H and O–H groups in total. The van der Waals surface area contributed by atoms with Gasteiger partial charge in [-0.25, -0.2) is 8.42 Å². The molecule has 2 aromatic rings. The van der Waals surface area contributed by atoms with Gasteiger partial charge in [-0.1, -0.05) is 11.6 Å². The van der Waals surface area contributed by atoms with Crippen LogP contribution in [0.1, 0.15) is 18.7 Å². The number of hydrogen-bond donors (Lipinski definition) is 1. The third-order valence-electron chi connectivity index (χ3n) is 4.33. The third-order valence-corrected chi connectivity index (χ3v) is 6.50. The average molecular weight is 441 g/mol. The van der Waals surface area contributed by atoms with E-state index < -0.39 is 22.0 Å². The Morgan fingerprint density at radius 2 is 1.97 bits per heavy atom. The van der Waals surface area contributed by atoms with Gasteiger partial charge in [0.2, 0.25) is 21.9 Å². The van der Waals surface area contributed by atoms with Gasteiger partial charge in [-0.05, 0) is 37.1 Å². The van der Waals surface area contributed by atoms with Crippen molar-refractivity contribution in [3.05, 3.63) is 35.1 Å². The lowest BCUT2D eigenvalue weighted by Crippen LogP contribution is -2.41. The number of benzene rings is 1. The van der Waals surface area contributed by atoms with Crippen LogP contribution in [0.15, 0.2) is 29.2 Å². The fourth-order valence-electron chi connectivity index (χ4n) is 2.93. The van der Waals surface area contributed by atoms with Crippen LogP contribution < -0.4 is 10.6 Å². The van der Waals surface area contributed by atoms with E-state index in [-0.39, 0.29) is 29.8 Å². The second kappa shape index (κ2) is 8.47. The first-order chi connectivity index (χ1) is 13.7. The molecule has 0 amide bonds. The Bertz CT molecular complexity index is 999. The first kappa shape index (κ1) is 21.2. The van der Waals surface area contributed by atoms with Gasteiger partial charge in [0.05, 0.1) is 4.90 Å². The van der Waals surface area contributed by atoms with Crippen molar-refractivity contribution in [3.63, 3.8) is 0 Å².